The van der Waals surface area contributed by atoms with Gasteiger partial charge in [0.25, 0.3) is 0 Å². The molecule has 0 aromatic heterocycles. The molecule has 106 valence electrons. The number of fused-ring (bicyclic) bond motifs is 1. The average molecular weight is 266 g/mol. The summed E-state index contributed by atoms with van der Waals surface area (Å²) in [5.74, 6) is 1.92. The van der Waals surface area contributed by atoms with E-state index in [4.69, 9.17) is 14.2 Å². The SMILES string of the molecule is CC(C)COCC(O)c1ccc2c(c1)OCCCO2. The molecule has 1 aliphatic heterocycles. The fraction of sp³-hybridized carbons (Fsp3) is 0.600. The predicted molar refractivity (Wildman–Crippen MR) is 72.7 cm³/mol. The molecule has 1 N–H and O–H groups in total. The van der Waals surface area contributed by atoms with E-state index in [2.05, 4.69) is 13.8 Å². The molecule has 4 nitrogen and oxygen atoms in total. The van der Waals surface area contributed by atoms with Gasteiger partial charge < -0.3 is 19.3 Å². The van der Waals surface area contributed by atoms with Crippen LogP contribution in [-0.4, -0.2) is 31.5 Å². The van der Waals surface area contributed by atoms with Gasteiger partial charge in [0.15, 0.2) is 11.5 Å². The first-order valence-corrected chi connectivity index (χ1v) is 6.82. The molecule has 1 aromatic carbocycles. The summed E-state index contributed by atoms with van der Waals surface area (Å²) in [6.07, 6.45) is 0.250. The van der Waals surface area contributed by atoms with E-state index in [1.54, 1.807) is 0 Å². The van der Waals surface area contributed by atoms with E-state index in [1.807, 2.05) is 18.2 Å². The molecular weight excluding hydrogens is 244 g/mol. The van der Waals surface area contributed by atoms with E-state index in [0.29, 0.717) is 38.1 Å². The molecule has 1 unspecified atom stereocenters. The van der Waals surface area contributed by atoms with Gasteiger partial charge in [0.2, 0.25) is 0 Å². The van der Waals surface area contributed by atoms with Crippen molar-refractivity contribution in [2.24, 2.45) is 5.92 Å². The van der Waals surface area contributed by atoms with Gasteiger partial charge in [-0.1, -0.05) is 19.9 Å². The molecule has 0 fully saturated rings. The standard InChI is InChI=1S/C15H22O4/c1-11(2)9-17-10-13(16)12-4-5-14-15(8-12)19-7-3-6-18-14/h4-5,8,11,13,16H,3,6-7,9-10H2,1-2H3. The van der Waals surface area contributed by atoms with E-state index in [9.17, 15) is 5.11 Å². The monoisotopic (exact) mass is 266 g/mol. The van der Waals surface area contributed by atoms with Crippen LogP contribution < -0.4 is 9.47 Å². The number of ether oxygens (including phenoxy) is 3. The van der Waals surface area contributed by atoms with E-state index >= 15 is 0 Å². The van der Waals surface area contributed by atoms with Crippen molar-refractivity contribution >= 4 is 0 Å². The third kappa shape index (κ3) is 4.11. The lowest BCUT2D eigenvalue weighted by molar-refractivity contribution is 0.0249. The number of hydrogen-bond acceptors (Lipinski definition) is 4. The Labute approximate surface area is 114 Å². The second-order valence-corrected chi connectivity index (χ2v) is 5.20. The lowest BCUT2D eigenvalue weighted by Crippen LogP contribution is -2.11. The molecule has 0 spiro atoms. The van der Waals surface area contributed by atoms with Crippen LogP contribution in [0.3, 0.4) is 0 Å². The van der Waals surface area contributed by atoms with Crippen LogP contribution in [0.15, 0.2) is 18.2 Å². The smallest absolute Gasteiger partial charge is 0.161 e. The number of benzene rings is 1. The lowest BCUT2D eigenvalue weighted by atomic mass is 10.1. The molecule has 0 saturated heterocycles. The highest BCUT2D eigenvalue weighted by atomic mass is 16.5. The van der Waals surface area contributed by atoms with Gasteiger partial charge >= 0.3 is 0 Å². The molecular formula is C15H22O4. The molecule has 1 aromatic rings. The normalized spacial score (nSPS) is 16.2. The van der Waals surface area contributed by atoms with Gasteiger partial charge in [-0.3, -0.25) is 0 Å². The Bertz CT molecular complexity index is 403. The molecule has 1 heterocycles. The number of hydrogen-bond donors (Lipinski definition) is 1. The van der Waals surface area contributed by atoms with Gasteiger partial charge in [-0.25, -0.2) is 0 Å². The van der Waals surface area contributed by atoms with Gasteiger partial charge in [-0.05, 0) is 23.6 Å². The summed E-state index contributed by atoms with van der Waals surface area (Å²) < 4.78 is 16.6. The highest BCUT2D eigenvalue weighted by Crippen LogP contribution is 2.32. The molecule has 19 heavy (non-hydrogen) atoms. The van der Waals surface area contributed by atoms with Crippen molar-refractivity contribution in [3.8, 4) is 11.5 Å². The van der Waals surface area contributed by atoms with Crippen LogP contribution in [0.1, 0.15) is 31.9 Å². The second-order valence-electron chi connectivity index (χ2n) is 5.20. The fourth-order valence-electron chi connectivity index (χ4n) is 1.90. The molecule has 0 bridgehead atoms. The first kappa shape index (κ1) is 14.2. The summed E-state index contributed by atoms with van der Waals surface area (Å²) in [5.41, 5.74) is 0.799. The van der Waals surface area contributed by atoms with Crippen molar-refractivity contribution in [3.63, 3.8) is 0 Å². The molecule has 2 rings (SSSR count). The van der Waals surface area contributed by atoms with Gasteiger partial charge in [0.05, 0.1) is 19.8 Å². The van der Waals surface area contributed by atoms with Crippen molar-refractivity contribution in [1.82, 2.24) is 0 Å². The summed E-state index contributed by atoms with van der Waals surface area (Å²) in [6.45, 7) is 6.45. The van der Waals surface area contributed by atoms with Crippen molar-refractivity contribution in [2.45, 2.75) is 26.4 Å². The Kier molecular flexibility index (Phi) is 5.05. The van der Waals surface area contributed by atoms with E-state index < -0.39 is 6.10 Å². The molecule has 0 radical (unpaired) electrons. The summed E-state index contributed by atoms with van der Waals surface area (Å²) in [5, 5.41) is 10.1. The van der Waals surface area contributed by atoms with E-state index in [0.717, 1.165) is 17.7 Å². The van der Waals surface area contributed by atoms with Crippen molar-refractivity contribution in [3.05, 3.63) is 23.8 Å². The van der Waals surface area contributed by atoms with Crippen LogP contribution in [0.4, 0.5) is 0 Å². The number of aliphatic hydroxyl groups excluding tert-OH is 1. The lowest BCUT2D eigenvalue weighted by Gasteiger charge is -2.15. The van der Waals surface area contributed by atoms with Crippen LogP contribution in [0.5, 0.6) is 11.5 Å². The maximum Gasteiger partial charge on any atom is 0.161 e. The Morgan fingerprint density at radius 1 is 1.16 bits per heavy atom. The summed E-state index contributed by atoms with van der Waals surface area (Å²) in [6, 6.07) is 5.54. The highest BCUT2D eigenvalue weighted by molar-refractivity contribution is 5.44. The van der Waals surface area contributed by atoms with Crippen LogP contribution >= 0.6 is 0 Å². The van der Waals surface area contributed by atoms with Gasteiger partial charge in [0.1, 0.15) is 6.10 Å². The van der Waals surface area contributed by atoms with Crippen molar-refractivity contribution < 1.29 is 19.3 Å². The Morgan fingerprint density at radius 2 is 1.89 bits per heavy atom. The molecule has 4 heteroatoms. The second kappa shape index (κ2) is 6.78. The predicted octanol–water partition coefficient (Wildman–Crippen LogP) is 2.55. The van der Waals surface area contributed by atoms with Crippen LogP contribution in [0, 0.1) is 5.92 Å². The molecule has 0 aliphatic carbocycles. The first-order valence-electron chi connectivity index (χ1n) is 6.82. The zero-order valence-corrected chi connectivity index (χ0v) is 11.6. The third-order valence-electron chi connectivity index (χ3n) is 2.88. The van der Waals surface area contributed by atoms with Crippen molar-refractivity contribution in [1.29, 1.82) is 0 Å². The minimum absolute atomic E-state index is 0.303. The zero-order valence-electron chi connectivity index (χ0n) is 11.6. The topological polar surface area (TPSA) is 47.9 Å². The maximum atomic E-state index is 10.1. The quantitative estimate of drug-likeness (QED) is 0.889. The summed E-state index contributed by atoms with van der Waals surface area (Å²) >= 11 is 0. The summed E-state index contributed by atoms with van der Waals surface area (Å²) in [4.78, 5) is 0. The number of aliphatic hydroxyl groups is 1. The van der Waals surface area contributed by atoms with E-state index in [-0.39, 0.29) is 0 Å². The number of rotatable bonds is 5. The molecule has 1 atom stereocenters. The van der Waals surface area contributed by atoms with Crippen LogP contribution in [0.2, 0.25) is 0 Å². The fourth-order valence-corrected chi connectivity index (χ4v) is 1.90. The molecule has 0 amide bonds. The highest BCUT2D eigenvalue weighted by Gasteiger charge is 2.14. The van der Waals surface area contributed by atoms with E-state index in [1.165, 1.54) is 0 Å². The van der Waals surface area contributed by atoms with Crippen molar-refractivity contribution in [2.75, 3.05) is 26.4 Å². The summed E-state index contributed by atoms with van der Waals surface area (Å²) in [7, 11) is 0. The minimum Gasteiger partial charge on any atom is -0.490 e. The Balaban J connectivity index is 1.98. The van der Waals surface area contributed by atoms with Crippen LogP contribution in [0.25, 0.3) is 0 Å². The van der Waals surface area contributed by atoms with Crippen LogP contribution in [-0.2, 0) is 4.74 Å². The molecule has 1 aliphatic rings. The van der Waals surface area contributed by atoms with Gasteiger partial charge in [-0.15, -0.1) is 0 Å². The zero-order chi connectivity index (χ0) is 13.7. The van der Waals surface area contributed by atoms with Gasteiger partial charge in [-0.2, -0.15) is 0 Å². The molecule has 0 saturated carbocycles. The Morgan fingerprint density at radius 3 is 2.63 bits per heavy atom. The minimum atomic E-state index is -0.629. The first-order chi connectivity index (χ1) is 9.16. The maximum absolute atomic E-state index is 10.1. The Hall–Kier alpha value is -1.26. The average Bonchev–Trinajstić information content (AvgIpc) is 2.62. The van der Waals surface area contributed by atoms with Gasteiger partial charge in [0, 0.05) is 13.0 Å². The third-order valence-corrected chi connectivity index (χ3v) is 2.88. The largest absolute Gasteiger partial charge is 0.490 e.